The quantitative estimate of drug-likeness (QED) is 0.630. The van der Waals surface area contributed by atoms with Crippen LogP contribution in [0.2, 0.25) is 0 Å². The van der Waals surface area contributed by atoms with Gasteiger partial charge in [0.25, 0.3) is 0 Å². The van der Waals surface area contributed by atoms with Crippen molar-refractivity contribution in [3.8, 4) is 0 Å². The summed E-state index contributed by atoms with van der Waals surface area (Å²) in [7, 11) is 0. The predicted octanol–water partition coefficient (Wildman–Crippen LogP) is 2.53. The third-order valence-corrected chi connectivity index (χ3v) is 2.39. The molecule has 0 spiro atoms. The highest BCUT2D eigenvalue weighted by atomic mass is 16.4. The zero-order valence-electron chi connectivity index (χ0n) is 10.1. The number of nitrogens with zero attached hydrogens (tertiary/aromatic N) is 1. The van der Waals surface area contributed by atoms with Crippen molar-refractivity contribution in [1.82, 2.24) is 4.90 Å². The molecular formula is C12H23NO2. The molecule has 0 atom stereocenters. The van der Waals surface area contributed by atoms with Crippen molar-refractivity contribution < 1.29 is 9.90 Å². The minimum absolute atomic E-state index is 0.260. The molecule has 3 nitrogen and oxygen atoms in total. The molecule has 0 radical (unpaired) electrons. The van der Waals surface area contributed by atoms with Gasteiger partial charge in [0.2, 0.25) is 0 Å². The molecule has 0 aliphatic rings. The van der Waals surface area contributed by atoms with Crippen molar-refractivity contribution in [1.29, 1.82) is 0 Å². The summed E-state index contributed by atoms with van der Waals surface area (Å²) < 4.78 is 0. The van der Waals surface area contributed by atoms with Crippen LogP contribution in [0.4, 0.5) is 0 Å². The molecule has 0 unspecified atom stereocenters. The number of hydrogen-bond donors (Lipinski definition) is 1. The van der Waals surface area contributed by atoms with Crippen molar-refractivity contribution in [3.63, 3.8) is 0 Å². The van der Waals surface area contributed by atoms with Crippen LogP contribution < -0.4 is 0 Å². The van der Waals surface area contributed by atoms with Crippen molar-refractivity contribution >= 4 is 5.97 Å². The van der Waals surface area contributed by atoms with Gasteiger partial charge in [-0.05, 0) is 40.2 Å². The average Bonchev–Trinajstić information content (AvgIpc) is 2.09. The van der Waals surface area contributed by atoms with Gasteiger partial charge in [0.15, 0.2) is 0 Å². The van der Waals surface area contributed by atoms with E-state index in [1.807, 2.05) is 6.92 Å². The van der Waals surface area contributed by atoms with Crippen LogP contribution in [0.15, 0.2) is 12.2 Å². The van der Waals surface area contributed by atoms with Crippen LogP contribution in [0.3, 0.4) is 0 Å². The van der Waals surface area contributed by atoms with E-state index in [2.05, 4.69) is 25.3 Å². The maximum atomic E-state index is 10.4. The lowest BCUT2D eigenvalue weighted by Gasteiger charge is -2.26. The first kappa shape index (κ1) is 14.2. The Balaban J connectivity index is 3.83. The number of aliphatic carboxylic acids is 1. The SMILES string of the molecule is C=C(C)CCN(CCCC(=O)O)C(C)C. The number of carboxylic acid groups (broad SMARTS) is 1. The maximum Gasteiger partial charge on any atom is 0.303 e. The van der Waals surface area contributed by atoms with Crippen LogP contribution in [0.25, 0.3) is 0 Å². The minimum atomic E-state index is -0.710. The fraction of sp³-hybridized carbons (Fsp3) is 0.750. The summed E-state index contributed by atoms with van der Waals surface area (Å²) in [5.41, 5.74) is 1.18. The highest BCUT2D eigenvalue weighted by molar-refractivity contribution is 5.66. The molecule has 0 aromatic rings. The van der Waals surface area contributed by atoms with Gasteiger partial charge in [-0.2, -0.15) is 0 Å². The summed E-state index contributed by atoms with van der Waals surface area (Å²) in [4.78, 5) is 12.7. The zero-order chi connectivity index (χ0) is 11.8. The molecule has 15 heavy (non-hydrogen) atoms. The second-order valence-corrected chi connectivity index (χ2v) is 4.33. The van der Waals surface area contributed by atoms with E-state index in [-0.39, 0.29) is 6.42 Å². The van der Waals surface area contributed by atoms with Gasteiger partial charge in [-0.1, -0.05) is 5.57 Å². The van der Waals surface area contributed by atoms with Gasteiger partial charge < -0.3 is 10.0 Å². The molecule has 0 aliphatic heterocycles. The Labute approximate surface area is 92.8 Å². The Morgan fingerprint density at radius 2 is 1.93 bits per heavy atom. The molecule has 0 aliphatic carbocycles. The number of hydrogen-bond acceptors (Lipinski definition) is 2. The predicted molar refractivity (Wildman–Crippen MR) is 63.0 cm³/mol. The lowest BCUT2D eigenvalue weighted by Crippen LogP contribution is -2.33. The van der Waals surface area contributed by atoms with Crippen LogP contribution in [0.1, 0.15) is 40.0 Å². The molecule has 1 N–H and O–H groups in total. The molecule has 0 saturated carbocycles. The van der Waals surface area contributed by atoms with Gasteiger partial charge in [-0.3, -0.25) is 4.79 Å². The highest BCUT2D eigenvalue weighted by Gasteiger charge is 2.09. The Bertz CT molecular complexity index is 212. The van der Waals surface area contributed by atoms with E-state index in [1.165, 1.54) is 5.57 Å². The maximum absolute atomic E-state index is 10.4. The normalized spacial score (nSPS) is 11.0. The van der Waals surface area contributed by atoms with E-state index < -0.39 is 5.97 Å². The molecule has 0 saturated heterocycles. The summed E-state index contributed by atoms with van der Waals surface area (Å²) >= 11 is 0. The largest absolute Gasteiger partial charge is 0.481 e. The monoisotopic (exact) mass is 213 g/mol. The summed E-state index contributed by atoms with van der Waals surface area (Å²) in [6.07, 6.45) is 1.98. The summed E-state index contributed by atoms with van der Waals surface area (Å²) in [5, 5.41) is 8.55. The second kappa shape index (κ2) is 7.46. The molecule has 88 valence electrons. The van der Waals surface area contributed by atoms with Gasteiger partial charge in [0.1, 0.15) is 0 Å². The zero-order valence-corrected chi connectivity index (χ0v) is 10.1. The summed E-state index contributed by atoms with van der Waals surface area (Å²) in [6.45, 7) is 12.0. The first-order chi connectivity index (χ1) is 6.93. The van der Waals surface area contributed by atoms with Gasteiger partial charge in [0.05, 0.1) is 0 Å². The molecule has 3 heteroatoms. The Kier molecular flexibility index (Phi) is 7.05. The molecule has 0 amide bonds. The third-order valence-electron chi connectivity index (χ3n) is 2.39. The smallest absolute Gasteiger partial charge is 0.303 e. The van der Waals surface area contributed by atoms with Crippen molar-refractivity contribution in [3.05, 3.63) is 12.2 Å². The first-order valence-electron chi connectivity index (χ1n) is 5.53. The lowest BCUT2D eigenvalue weighted by molar-refractivity contribution is -0.137. The fourth-order valence-electron chi connectivity index (χ4n) is 1.40. The molecule has 0 bridgehead atoms. The Morgan fingerprint density at radius 1 is 1.33 bits per heavy atom. The molecule has 0 fully saturated rings. The standard InChI is InChI=1S/C12H23NO2/c1-10(2)7-9-13(11(3)4)8-5-6-12(14)15/h11H,1,5-9H2,2-4H3,(H,14,15). The van der Waals surface area contributed by atoms with E-state index in [1.54, 1.807) is 0 Å². The minimum Gasteiger partial charge on any atom is -0.481 e. The van der Waals surface area contributed by atoms with Crippen LogP contribution >= 0.6 is 0 Å². The van der Waals surface area contributed by atoms with Crippen LogP contribution in [0.5, 0.6) is 0 Å². The second-order valence-electron chi connectivity index (χ2n) is 4.33. The molecule has 0 aromatic heterocycles. The summed E-state index contributed by atoms with van der Waals surface area (Å²) in [6, 6.07) is 0.471. The Morgan fingerprint density at radius 3 is 2.33 bits per heavy atom. The van der Waals surface area contributed by atoms with Gasteiger partial charge >= 0.3 is 5.97 Å². The van der Waals surface area contributed by atoms with Gasteiger partial charge in [-0.25, -0.2) is 0 Å². The van der Waals surface area contributed by atoms with Crippen molar-refractivity contribution in [2.45, 2.75) is 46.1 Å². The van der Waals surface area contributed by atoms with Crippen molar-refractivity contribution in [2.24, 2.45) is 0 Å². The van der Waals surface area contributed by atoms with E-state index in [0.29, 0.717) is 6.04 Å². The first-order valence-corrected chi connectivity index (χ1v) is 5.53. The fourth-order valence-corrected chi connectivity index (χ4v) is 1.40. The van der Waals surface area contributed by atoms with E-state index in [4.69, 9.17) is 5.11 Å². The Hall–Kier alpha value is -0.830. The van der Waals surface area contributed by atoms with Gasteiger partial charge in [0, 0.05) is 19.0 Å². The van der Waals surface area contributed by atoms with E-state index >= 15 is 0 Å². The molecule has 0 heterocycles. The third kappa shape index (κ3) is 8.18. The summed E-state index contributed by atoms with van der Waals surface area (Å²) in [5.74, 6) is -0.710. The number of carboxylic acids is 1. The molecule has 0 aromatic carbocycles. The average molecular weight is 213 g/mol. The molecular weight excluding hydrogens is 190 g/mol. The topological polar surface area (TPSA) is 40.5 Å². The van der Waals surface area contributed by atoms with Crippen LogP contribution in [-0.4, -0.2) is 35.1 Å². The number of carbonyl (C=O) groups is 1. The van der Waals surface area contributed by atoms with Crippen molar-refractivity contribution in [2.75, 3.05) is 13.1 Å². The van der Waals surface area contributed by atoms with Gasteiger partial charge in [-0.15, -0.1) is 6.58 Å². The van der Waals surface area contributed by atoms with Crippen LogP contribution in [-0.2, 0) is 4.79 Å². The highest BCUT2D eigenvalue weighted by Crippen LogP contribution is 2.06. The number of rotatable bonds is 8. The van der Waals surface area contributed by atoms with Crippen LogP contribution in [0, 0.1) is 0 Å². The van der Waals surface area contributed by atoms with E-state index in [9.17, 15) is 4.79 Å². The van der Waals surface area contributed by atoms with E-state index in [0.717, 1.165) is 25.9 Å². The molecule has 0 rings (SSSR count). The lowest BCUT2D eigenvalue weighted by atomic mass is 10.2.